The number of nitrogens with zero attached hydrogens (tertiary/aromatic N) is 3. The Bertz CT molecular complexity index is 1130. The molecule has 0 amide bonds. The second kappa shape index (κ2) is 9.13. The van der Waals surface area contributed by atoms with E-state index in [-0.39, 0.29) is 41.3 Å². The van der Waals surface area contributed by atoms with Gasteiger partial charge in [-0.05, 0) is 55.0 Å². The highest BCUT2D eigenvalue weighted by molar-refractivity contribution is 5.75. The maximum Gasteiger partial charge on any atom is 0.416 e. The van der Waals surface area contributed by atoms with Crippen molar-refractivity contribution in [2.75, 3.05) is 13.7 Å². The van der Waals surface area contributed by atoms with Crippen LogP contribution in [-0.2, 0) is 19.0 Å². The van der Waals surface area contributed by atoms with Gasteiger partial charge in [0.05, 0.1) is 12.7 Å². The van der Waals surface area contributed by atoms with Gasteiger partial charge in [-0.3, -0.25) is 5.41 Å². The van der Waals surface area contributed by atoms with Crippen LogP contribution < -0.4 is 10.5 Å². The zero-order valence-electron chi connectivity index (χ0n) is 18.0. The molecule has 1 aliphatic heterocycles. The first-order valence-electron chi connectivity index (χ1n) is 10.5. The smallest absolute Gasteiger partial charge is 0.416 e. The number of alkyl halides is 3. The minimum absolute atomic E-state index is 0.0765. The third-order valence-electron chi connectivity index (χ3n) is 5.80. The molecule has 0 radical (unpaired) electrons. The number of aromatic nitrogens is 2. The molecular formula is C23H24F3N5O2. The summed E-state index contributed by atoms with van der Waals surface area (Å²) in [4.78, 5) is 5.95. The van der Waals surface area contributed by atoms with Crippen LogP contribution in [0.3, 0.4) is 0 Å². The Morgan fingerprint density at radius 2 is 1.97 bits per heavy atom. The molecule has 1 saturated heterocycles. The fourth-order valence-electron chi connectivity index (χ4n) is 4.07. The van der Waals surface area contributed by atoms with E-state index in [4.69, 9.17) is 20.4 Å². The molecule has 1 atom stereocenters. The van der Waals surface area contributed by atoms with E-state index in [0.29, 0.717) is 25.1 Å². The van der Waals surface area contributed by atoms with Crippen LogP contribution in [-0.4, -0.2) is 34.7 Å². The van der Waals surface area contributed by atoms with Crippen LogP contribution in [0.4, 0.5) is 13.2 Å². The predicted molar refractivity (Wildman–Crippen MR) is 116 cm³/mol. The van der Waals surface area contributed by atoms with Crippen LogP contribution in [0.15, 0.2) is 47.0 Å². The lowest BCUT2D eigenvalue weighted by Gasteiger charge is -2.21. The van der Waals surface area contributed by atoms with Crippen LogP contribution in [0.25, 0.3) is 11.4 Å². The van der Waals surface area contributed by atoms with E-state index >= 15 is 0 Å². The minimum Gasteiger partial charge on any atom is -0.497 e. The van der Waals surface area contributed by atoms with Crippen molar-refractivity contribution in [3.8, 4) is 17.1 Å². The number of ether oxygens (including phenoxy) is 1. The number of aryl methyl sites for hydroxylation is 2. The van der Waals surface area contributed by atoms with Crippen molar-refractivity contribution in [3.05, 3.63) is 65.0 Å². The fraction of sp³-hybridized carbons (Fsp3) is 0.348. The van der Waals surface area contributed by atoms with Gasteiger partial charge >= 0.3 is 6.18 Å². The van der Waals surface area contributed by atoms with Crippen LogP contribution >= 0.6 is 0 Å². The molecule has 1 aromatic heterocycles. The minimum atomic E-state index is -4.52. The van der Waals surface area contributed by atoms with Gasteiger partial charge in [0.15, 0.2) is 5.96 Å². The summed E-state index contributed by atoms with van der Waals surface area (Å²) in [5.41, 5.74) is 6.22. The molecule has 1 unspecified atom stereocenters. The van der Waals surface area contributed by atoms with Gasteiger partial charge in [0.2, 0.25) is 11.7 Å². The van der Waals surface area contributed by atoms with Gasteiger partial charge < -0.3 is 19.9 Å². The van der Waals surface area contributed by atoms with Crippen LogP contribution in [0.5, 0.6) is 5.75 Å². The maximum atomic E-state index is 13.8. The van der Waals surface area contributed by atoms with E-state index in [1.807, 2.05) is 12.1 Å². The van der Waals surface area contributed by atoms with E-state index < -0.39 is 11.7 Å². The summed E-state index contributed by atoms with van der Waals surface area (Å²) in [7, 11) is 1.56. The van der Waals surface area contributed by atoms with Crippen molar-refractivity contribution in [1.29, 1.82) is 5.41 Å². The van der Waals surface area contributed by atoms with Crippen molar-refractivity contribution in [3.63, 3.8) is 0 Å². The lowest BCUT2D eigenvalue weighted by Crippen LogP contribution is -2.35. The van der Waals surface area contributed by atoms with Gasteiger partial charge in [-0.2, -0.15) is 18.2 Å². The standard InChI is InChI=1S/C23H24F3N5O2/c1-32-17-10-5-14(6-11-17)4-7-15-8-9-16(13-18(15)23(24,25)26)20-29-21(33-30-20)19-3-2-12-31(19)22(27)28/h5-6,8-11,13,19H,2-4,7,12H2,1H3,(H3,27,28). The number of halogens is 3. The summed E-state index contributed by atoms with van der Waals surface area (Å²) in [6.07, 6.45) is -2.34. The second-order valence-electron chi connectivity index (χ2n) is 7.91. The Labute approximate surface area is 188 Å². The van der Waals surface area contributed by atoms with E-state index in [1.165, 1.54) is 6.07 Å². The highest BCUT2D eigenvalue weighted by Gasteiger charge is 2.35. The molecule has 2 heterocycles. The monoisotopic (exact) mass is 459 g/mol. The summed E-state index contributed by atoms with van der Waals surface area (Å²) in [6, 6.07) is 11.0. The number of hydrogen-bond donors (Lipinski definition) is 2. The second-order valence-corrected chi connectivity index (χ2v) is 7.91. The van der Waals surface area contributed by atoms with Gasteiger partial charge in [-0.1, -0.05) is 29.4 Å². The molecule has 1 fully saturated rings. The van der Waals surface area contributed by atoms with Crippen molar-refractivity contribution >= 4 is 5.96 Å². The fourth-order valence-corrected chi connectivity index (χ4v) is 4.07. The summed E-state index contributed by atoms with van der Waals surface area (Å²) in [6.45, 7) is 0.596. The lowest BCUT2D eigenvalue weighted by atomic mass is 9.97. The molecule has 1 aliphatic rings. The highest BCUT2D eigenvalue weighted by atomic mass is 19.4. The van der Waals surface area contributed by atoms with Gasteiger partial charge in [0.25, 0.3) is 0 Å². The van der Waals surface area contributed by atoms with Gasteiger partial charge in [0.1, 0.15) is 11.8 Å². The Hall–Kier alpha value is -3.56. The number of benzene rings is 2. The normalized spacial score (nSPS) is 16.2. The Morgan fingerprint density at radius 1 is 1.21 bits per heavy atom. The lowest BCUT2D eigenvalue weighted by molar-refractivity contribution is -0.138. The SMILES string of the molecule is COc1ccc(CCc2ccc(-c3noc(C4CCCN4C(=N)N)n3)cc2C(F)(F)F)cc1. The molecule has 7 nitrogen and oxygen atoms in total. The van der Waals surface area contributed by atoms with Gasteiger partial charge in [-0.25, -0.2) is 0 Å². The van der Waals surface area contributed by atoms with E-state index in [9.17, 15) is 13.2 Å². The topological polar surface area (TPSA) is 101 Å². The van der Waals surface area contributed by atoms with Crippen LogP contribution in [0.1, 0.15) is 41.5 Å². The average molecular weight is 459 g/mol. The summed E-state index contributed by atoms with van der Waals surface area (Å²) >= 11 is 0. The van der Waals surface area contributed by atoms with Crippen molar-refractivity contribution in [1.82, 2.24) is 15.0 Å². The number of nitrogens with two attached hydrogens (primary N) is 1. The third kappa shape index (κ3) is 4.94. The molecule has 0 saturated carbocycles. The molecule has 3 aromatic rings. The maximum absolute atomic E-state index is 13.8. The molecular weight excluding hydrogens is 435 g/mol. The van der Waals surface area contributed by atoms with E-state index in [1.54, 1.807) is 30.2 Å². The summed E-state index contributed by atoms with van der Waals surface area (Å²) < 4.78 is 51.9. The first-order valence-corrected chi connectivity index (χ1v) is 10.5. The number of likely N-dealkylation sites (tertiary alicyclic amines) is 1. The third-order valence-corrected chi connectivity index (χ3v) is 5.80. The number of nitrogens with one attached hydrogen (secondary N) is 1. The zero-order chi connectivity index (χ0) is 23.6. The van der Waals surface area contributed by atoms with Crippen molar-refractivity contribution in [2.45, 2.75) is 37.9 Å². The Kier molecular flexibility index (Phi) is 6.26. The molecule has 33 heavy (non-hydrogen) atoms. The Balaban J connectivity index is 1.56. The Morgan fingerprint density at radius 3 is 2.64 bits per heavy atom. The van der Waals surface area contributed by atoms with E-state index in [2.05, 4.69) is 10.1 Å². The molecule has 0 bridgehead atoms. The first kappa shape index (κ1) is 22.6. The molecule has 10 heteroatoms. The first-order chi connectivity index (χ1) is 15.8. The molecule has 3 N–H and O–H groups in total. The summed E-state index contributed by atoms with van der Waals surface area (Å²) in [5.74, 6) is 0.919. The largest absolute Gasteiger partial charge is 0.497 e. The predicted octanol–water partition coefficient (Wildman–Crippen LogP) is 4.58. The van der Waals surface area contributed by atoms with Gasteiger partial charge in [-0.15, -0.1) is 0 Å². The number of rotatable bonds is 6. The molecule has 0 spiro atoms. The van der Waals surface area contributed by atoms with Crippen LogP contribution in [0, 0.1) is 5.41 Å². The van der Waals surface area contributed by atoms with Gasteiger partial charge in [0, 0.05) is 12.1 Å². The quantitative estimate of drug-likeness (QED) is 0.413. The number of guanidine groups is 1. The zero-order valence-corrected chi connectivity index (χ0v) is 18.0. The molecule has 4 rings (SSSR count). The molecule has 2 aromatic carbocycles. The number of hydrogen-bond acceptors (Lipinski definition) is 5. The summed E-state index contributed by atoms with van der Waals surface area (Å²) in [5, 5.41) is 11.6. The number of methoxy groups -OCH3 is 1. The average Bonchev–Trinajstić information content (AvgIpc) is 3.47. The molecule has 174 valence electrons. The highest BCUT2D eigenvalue weighted by Crippen LogP contribution is 2.36. The van der Waals surface area contributed by atoms with Crippen molar-refractivity contribution in [2.24, 2.45) is 5.73 Å². The van der Waals surface area contributed by atoms with Crippen molar-refractivity contribution < 1.29 is 22.4 Å². The van der Waals surface area contributed by atoms with E-state index in [0.717, 1.165) is 18.1 Å². The molecule has 0 aliphatic carbocycles. The van der Waals surface area contributed by atoms with Crippen LogP contribution in [0.2, 0.25) is 0 Å².